The highest BCUT2D eigenvalue weighted by Gasteiger charge is 2.05. The molecule has 0 fully saturated rings. The molecule has 25 heavy (non-hydrogen) atoms. The highest BCUT2D eigenvalue weighted by molar-refractivity contribution is 4.65. The lowest BCUT2D eigenvalue weighted by molar-refractivity contribution is 0.390. The van der Waals surface area contributed by atoms with E-state index in [1.165, 1.54) is 57.9 Å². The molecule has 0 spiro atoms. The fraction of sp³-hybridized carbons (Fsp3) is 1.00. The summed E-state index contributed by atoms with van der Waals surface area (Å²) >= 11 is 0. The SMILES string of the molecule is CCCCNCCCCNC(CCCNCCCCNCC)NCC. The number of unbranched alkanes of at least 4 members (excludes halogenated alkanes) is 3. The first kappa shape index (κ1) is 24.8. The second-order valence-electron chi connectivity index (χ2n) is 6.83. The maximum absolute atomic E-state index is 3.67. The van der Waals surface area contributed by atoms with E-state index in [4.69, 9.17) is 0 Å². The maximum Gasteiger partial charge on any atom is 0.0572 e. The summed E-state index contributed by atoms with van der Waals surface area (Å²) in [6, 6.07) is 0. The van der Waals surface area contributed by atoms with Crippen LogP contribution in [0.25, 0.3) is 0 Å². The molecule has 0 aromatic carbocycles. The van der Waals surface area contributed by atoms with E-state index in [1.807, 2.05) is 0 Å². The summed E-state index contributed by atoms with van der Waals surface area (Å²) in [7, 11) is 0. The lowest BCUT2D eigenvalue weighted by Crippen LogP contribution is -2.43. The molecule has 0 aliphatic carbocycles. The van der Waals surface area contributed by atoms with Crippen molar-refractivity contribution in [3.05, 3.63) is 0 Å². The van der Waals surface area contributed by atoms with Crippen LogP contribution in [0.5, 0.6) is 0 Å². The molecular weight excluding hydrogens is 310 g/mol. The van der Waals surface area contributed by atoms with Gasteiger partial charge in [-0.1, -0.05) is 27.2 Å². The Morgan fingerprint density at radius 1 is 0.520 bits per heavy atom. The van der Waals surface area contributed by atoms with Crippen molar-refractivity contribution in [2.75, 3.05) is 52.4 Å². The average Bonchev–Trinajstić information content (AvgIpc) is 2.62. The molecule has 0 bridgehead atoms. The third-order valence-corrected chi connectivity index (χ3v) is 4.38. The van der Waals surface area contributed by atoms with Crippen LogP contribution in [-0.4, -0.2) is 58.5 Å². The molecule has 5 heteroatoms. The van der Waals surface area contributed by atoms with Crippen molar-refractivity contribution in [3.63, 3.8) is 0 Å². The van der Waals surface area contributed by atoms with Gasteiger partial charge in [0.2, 0.25) is 0 Å². The van der Waals surface area contributed by atoms with E-state index in [0.29, 0.717) is 6.17 Å². The summed E-state index contributed by atoms with van der Waals surface area (Å²) < 4.78 is 0. The Morgan fingerprint density at radius 2 is 1.08 bits per heavy atom. The van der Waals surface area contributed by atoms with Crippen molar-refractivity contribution in [2.45, 2.75) is 78.3 Å². The molecule has 1 unspecified atom stereocenters. The Bertz CT molecular complexity index is 238. The summed E-state index contributed by atoms with van der Waals surface area (Å²) in [5, 5.41) is 17.7. The van der Waals surface area contributed by atoms with Crippen LogP contribution in [0.2, 0.25) is 0 Å². The molecule has 0 aliphatic heterocycles. The van der Waals surface area contributed by atoms with Crippen molar-refractivity contribution in [3.8, 4) is 0 Å². The minimum Gasteiger partial charge on any atom is -0.317 e. The van der Waals surface area contributed by atoms with Gasteiger partial charge in [0.05, 0.1) is 6.17 Å². The Balaban J connectivity index is 3.42. The molecule has 0 aromatic rings. The van der Waals surface area contributed by atoms with E-state index in [1.54, 1.807) is 0 Å². The first-order chi connectivity index (χ1) is 12.3. The predicted octanol–water partition coefficient (Wildman–Crippen LogP) is 2.44. The summed E-state index contributed by atoms with van der Waals surface area (Å²) in [4.78, 5) is 0. The van der Waals surface area contributed by atoms with E-state index < -0.39 is 0 Å². The van der Waals surface area contributed by atoms with Gasteiger partial charge in [-0.2, -0.15) is 0 Å². The largest absolute Gasteiger partial charge is 0.317 e. The fourth-order valence-corrected chi connectivity index (χ4v) is 2.83. The minimum atomic E-state index is 0.466. The predicted molar refractivity (Wildman–Crippen MR) is 112 cm³/mol. The van der Waals surface area contributed by atoms with Crippen LogP contribution in [0, 0.1) is 0 Å². The van der Waals surface area contributed by atoms with Crippen molar-refractivity contribution >= 4 is 0 Å². The van der Waals surface area contributed by atoms with E-state index in [9.17, 15) is 0 Å². The van der Waals surface area contributed by atoms with Gasteiger partial charge in [-0.25, -0.2) is 0 Å². The van der Waals surface area contributed by atoms with Gasteiger partial charge in [0.25, 0.3) is 0 Å². The van der Waals surface area contributed by atoms with Gasteiger partial charge in [-0.15, -0.1) is 0 Å². The molecular formula is C20H47N5. The highest BCUT2D eigenvalue weighted by Crippen LogP contribution is 1.95. The smallest absolute Gasteiger partial charge is 0.0572 e. The van der Waals surface area contributed by atoms with Gasteiger partial charge in [0, 0.05) is 0 Å². The van der Waals surface area contributed by atoms with Crippen molar-refractivity contribution in [1.82, 2.24) is 26.6 Å². The first-order valence-electron chi connectivity index (χ1n) is 10.9. The Labute approximate surface area is 157 Å². The lowest BCUT2D eigenvalue weighted by atomic mass is 10.2. The van der Waals surface area contributed by atoms with Gasteiger partial charge < -0.3 is 26.6 Å². The highest BCUT2D eigenvalue weighted by atomic mass is 15.1. The summed E-state index contributed by atoms with van der Waals surface area (Å²) in [5.41, 5.74) is 0. The molecule has 0 aliphatic rings. The summed E-state index contributed by atoms with van der Waals surface area (Å²) in [6.07, 6.45) is 10.5. The summed E-state index contributed by atoms with van der Waals surface area (Å²) in [5.74, 6) is 0. The van der Waals surface area contributed by atoms with E-state index in [2.05, 4.69) is 47.4 Å². The fourth-order valence-electron chi connectivity index (χ4n) is 2.83. The average molecular weight is 358 g/mol. The van der Waals surface area contributed by atoms with Crippen molar-refractivity contribution in [1.29, 1.82) is 0 Å². The standard InChI is InChI=1S/C20H47N5/c1-4-7-14-22-17-10-11-19-25-20(24-6-3)13-12-18-23-16-9-8-15-21-5-2/h20-25H,4-19H2,1-3H3. The van der Waals surface area contributed by atoms with E-state index in [-0.39, 0.29) is 0 Å². The molecule has 5 nitrogen and oxygen atoms in total. The molecule has 5 N–H and O–H groups in total. The quantitative estimate of drug-likeness (QED) is 0.161. The molecule has 0 heterocycles. The minimum absolute atomic E-state index is 0.466. The third kappa shape index (κ3) is 20.0. The molecule has 0 amide bonds. The Kier molecular flexibility index (Phi) is 21.7. The molecule has 1 atom stereocenters. The Morgan fingerprint density at radius 3 is 1.68 bits per heavy atom. The van der Waals surface area contributed by atoms with Crippen molar-refractivity contribution < 1.29 is 0 Å². The van der Waals surface area contributed by atoms with Crippen molar-refractivity contribution in [2.24, 2.45) is 0 Å². The number of nitrogens with one attached hydrogen (secondary N) is 5. The van der Waals surface area contributed by atoms with E-state index >= 15 is 0 Å². The summed E-state index contributed by atoms with van der Waals surface area (Å²) in [6.45, 7) is 15.6. The maximum atomic E-state index is 3.67. The second-order valence-corrected chi connectivity index (χ2v) is 6.83. The third-order valence-electron chi connectivity index (χ3n) is 4.38. The molecule has 0 radical (unpaired) electrons. The number of rotatable bonds is 21. The molecule has 0 saturated carbocycles. The molecule has 152 valence electrons. The van der Waals surface area contributed by atoms with E-state index in [0.717, 1.165) is 45.8 Å². The Hall–Kier alpha value is -0.200. The first-order valence-corrected chi connectivity index (χ1v) is 10.9. The van der Waals surface area contributed by atoms with Gasteiger partial charge in [-0.05, 0) is 97.3 Å². The van der Waals surface area contributed by atoms with Crippen LogP contribution in [-0.2, 0) is 0 Å². The normalized spacial score (nSPS) is 12.6. The zero-order valence-corrected chi connectivity index (χ0v) is 17.4. The van der Waals surface area contributed by atoms with Crippen LogP contribution in [0.1, 0.15) is 72.1 Å². The zero-order valence-electron chi connectivity index (χ0n) is 17.4. The van der Waals surface area contributed by atoms with Crippen LogP contribution in [0.15, 0.2) is 0 Å². The van der Waals surface area contributed by atoms with Gasteiger partial charge >= 0.3 is 0 Å². The van der Waals surface area contributed by atoms with Crippen LogP contribution in [0.3, 0.4) is 0 Å². The zero-order chi connectivity index (χ0) is 18.4. The van der Waals surface area contributed by atoms with Crippen LogP contribution < -0.4 is 26.6 Å². The van der Waals surface area contributed by atoms with Gasteiger partial charge in [-0.3, -0.25) is 0 Å². The molecule has 0 saturated heterocycles. The van der Waals surface area contributed by atoms with Crippen LogP contribution >= 0.6 is 0 Å². The monoisotopic (exact) mass is 357 g/mol. The lowest BCUT2D eigenvalue weighted by Gasteiger charge is -2.19. The number of hydrogen-bond acceptors (Lipinski definition) is 5. The molecule has 0 rings (SSSR count). The van der Waals surface area contributed by atoms with Gasteiger partial charge in [0.15, 0.2) is 0 Å². The van der Waals surface area contributed by atoms with Gasteiger partial charge in [0.1, 0.15) is 0 Å². The number of hydrogen-bond donors (Lipinski definition) is 5. The molecule has 0 aromatic heterocycles. The second kappa shape index (κ2) is 21.8. The topological polar surface area (TPSA) is 60.1 Å². The van der Waals surface area contributed by atoms with Crippen LogP contribution in [0.4, 0.5) is 0 Å².